The van der Waals surface area contributed by atoms with Crippen LogP contribution in [0.5, 0.6) is 0 Å². The fourth-order valence-electron chi connectivity index (χ4n) is 1.30. The Kier molecular flexibility index (Phi) is 3.25. The molecule has 0 aliphatic heterocycles. The Morgan fingerprint density at radius 2 is 2.54 bits per heavy atom. The summed E-state index contributed by atoms with van der Waals surface area (Å²) in [6, 6.07) is 0.131. The Labute approximate surface area is 79.7 Å². The van der Waals surface area contributed by atoms with Crippen molar-refractivity contribution in [2.75, 3.05) is 7.11 Å². The summed E-state index contributed by atoms with van der Waals surface area (Å²) in [4.78, 5) is 11.1. The average molecular weight is 183 g/mol. The lowest BCUT2D eigenvalue weighted by Crippen LogP contribution is -2.26. The van der Waals surface area contributed by atoms with E-state index in [1.165, 1.54) is 7.11 Å². The van der Waals surface area contributed by atoms with Gasteiger partial charge in [0.25, 0.3) is 0 Å². The summed E-state index contributed by atoms with van der Waals surface area (Å²) in [6.45, 7) is 1.96. The number of methoxy groups -OCH3 is 1. The zero-order valence-electron chi connectivity index (χ0n) is 7.99. The van der Waals surface area contributed by atoms with Crippen molar-refractivity contribution in [2.24, 2.45) is 11.7 Å². The van der Waals surface area contributed by atoms with Crippen molar-refractivity contribution in [3.05, 3.63) is 23.8 Å². The fraction of sp³-hybridized carbons (Fsp3) is 0.500. The Morgan fingerprint density at radius 1 is 1.85 bits per heavy atom. The highest BCUT2D eigenvalue weighted by molar-refractivity contribution is 5.91. The molecule has 0 saturated carbocycles. The molecule has 0 aromatic heterocycles. The SMILES string of the molecule is COC(=O)C1=CCC([C@H](C)N)C=C1.[HH]. The van der Waals surface area contributed by atoms with Gasteiger partial charge in [-0.15, -0.1) is 0 Å². The molecule has 74 valence electrons. The summed E-state index contributed by atoms with van der Waals surface area (Å²) >= 11 is 0. The zero-order valence-corrected chi connectivity index (χ0v) is 7.99. The number of carbonyl (C=O) groups excluding carboxylic acids is 1. The average Bonchev–Trinajstić information content (AvgIpc) is 2.17. The summed E-state index contributed by atoms with van der Waals surface area (Å²) in [5, 5.41) is 0. The predicted octanol–water partition coefficient (Wildman–Crippen LogP) is 1.26. The molecule has 0 spiro atoms. The van der Waals surface area contributed by atoms with Crippen LogP contribution in [-0.4, -0.2) is 19.1 Å². The summed E-state index contributed by atoms with van der Waals surface area (Å²) in [7, 11) is 1.38. The van der Waals surface area contributed by atoms with E-state index in [2.05, 4.69) is 4.74 Å². The van der Waals surface area contributed by atoms with Gasteiger partial charge in [0.1, 0.15) is 0 Å². The lowest BCUT2D eigenvalue weighted by Gasteiger charge is -2.18. The summed E-state index contributed by atoms with van der Waals surface area (Å²) < 4.78 is 4.60. The maximum absolute atomic E-state index is 11.1. The van der Waals surface area contributed by atoms with Crippen LogP contribution in [0, 0.1) is 5.92 Å². The lowest BCUT2D eigenvalue weighted by atomic mass is 9.92. The minimum absolute atomic E-state index is 0. The van der Waals surface area contributed by atoms with Gasteiger partial charge in [-0.2, -0.15) is 0 Å². The molecule has 0 aromatic carbocycles. The van der Waals surface area contributed by atoms with E-state index in [1.54, 1.807) is 6.08 Å². The first-order valence-corrected chi connectivity index (χ1v) is 4.37. The van der Waals surface area contributed by atoms with Crippen LogP contribution < -0.4 is 5.73 Å². The van der Waals surface area contributed by atoms with Crippen LogP contribution in [0.4, 0.5) is 0 Å². The first kappa shape index (κ1) is 9.99. The van der Waals surface area contributed by atoms with Crippen molar-refractivity contribution in [1.82, 2.24) is 0 Å². The minimum atomic E-state index is -0.278. The standard InChI is InChI=1S/C10H15NO2.H2/c1-7(11)8-3-5-9(6-4-8)10(12)13-2;/h3,5-8H,4,11H2,1-2H3;1H/t7-,8?;/m0./s1. The van der Waals surface area contributed by atoms with E-state index in [9.17, 15) is 4.79 Å². The first-order chi connectivity index (χ1) is 6.15. The molecule has 3 heteroatoms. The molecular formula is C10H17NO2. The molecule has 0 amide bonds. The second-order valence-corrected chi connectivity index (χ2v) is 3.27. The number of hydrogen-bond acceptors (Lipinski definition) is 3. The number of carbonyl (C=O) groups is 1. The van der Waals surface area contributed by atoms with Crippen molar-refractivity contribution in [3.8, 4) is 0 Å². The van der Waals surface area contributed by atoms with Gasteiger partial charge in [0.15, 0.2) is 0 Å². The molecule has 0 radical (unpaired) electrons. The van der Waals surface area contributed by atoms with E-state index in [-0.39, 0.29) is 13.4 Å². The van der Waals surface area contributed by atoms with Gasteiger partial charge < -0.3 is 10.5 Å². The zero-order chi connectivity index (χ0) is 9.84. The Balaban J connectivity index is 0.00000169. The van der Waals surface area contributed by atoms with Crippen LogP contribution in [0.15, 0.2) is 23.8 Å². The van der Waals surface area contributed by atoms with Gasteiger partial charge in [-0.1, -0.05) is 18.2 Å². The van der Waals surface area contributed by atoms with E-state index in [0.717, 1.165) is 6.42 Å². The molecule has 1 rings (SSSR count). The smallest absolute Gasteiger partial charge is 0.337 e. The molecule has 13 heavy (non-hydrogen) atoms. The molecule has 0 heterocycles. The normalized spacial score (nSPS) is 23.6. The number of ether oxygens (including phenoxy) is 1. The quantitative estimate of drug-likeness (QED) is 0.656. The first-order valence-electron chi connectivity index (χ1n) is 4.37. The highest BCUT2D eigenvalue weighted by Crippen LogP contribution is 2.18. The van der Waals surface area contributed by atoms with Crippen LogP contribution in [0.2, 0.25) is 0 Å². The highest BCUT2D eigenvalue weighted by atomic mass is 16.5. The van der Waals surface area contributed by atoms with Crippen LogP contribution >= 0.6 is 0 Å². The molecule has 1 unspecified atom stereocenters. The van der Waals surface area contributed by atoms with Gasteiger partial charge in [0, 0.05) is 7.47 Å². The molecule has 0 fully saturated rings. The van der Waals surface area contributed by atoms with Crippen LogP contribution in [0.3, 0.4) is 0 Å². The fourth-order valence-corrected chi connectivity index (χ4v) is 1.30. The molecule has 3 nitrogen and oxygen atoms in total. The molecule has 0 aromatic rings. The number of hydrogen-bond donors (Lipinski definition) is 1. The summed E-state index contributed by atoms with van der Waals surface area (Å²) in [5.74, 6) is 0.0628. The summed E-state index contributed by atoms with van der Waals surface area (Å²) in [6.07, 6.45) is 6.44. The van der Waals surface area contributed by atoms with Gasteiger partial charge in [0.05, 0.1) is 12.7 Å². The molecule has 2 N–H and O–H groups in total. The topological polar surface area (TPSA) is 52.3 Å². The molecule has 1 aliphatic carbocycles. The predicted molar refractivity (Wildman–Crippen MR) is 53.1 cm³/mol. The van der Waals surface area contributed by atoms with Crippen LogP contribution in [-0.2, 0) is 9.53 Å². The highest BCUT2D eigenvalue weighted by Gasteiger charge is 2.15. The van der Waals surface area contributed by atoms with Gasteiger partial charge in [-0.05, 0) is 19.3 Å². The maximum Gasteiger partial charge on any atom is 0.337 e. The number of rotatable bonds is 2. The van der Waals surface area contributed by atoms with E-state index in [0.29, 0.717) is 11.5 Å². The Morgan fingerprint density at radius 3 is 2.92 bits per heavy atom. The minimum Gasteiger partial charge on any atom is -0.465 e. The van der Waals surface area contributed by atoms with Gasteiger partial charge in [-0.3, -0.25) is 0 Å². The second-order valence-electron chi connectivity index (χ2n) is 3.27. The summed E-state index contributed by atoms with van der Waals surface area (Å²) in [5.41, 5.74) is 6.35. The molecule has 2 atom stereocenters. The largest absolute Gasteiger partial charge is 0.465 e. The van der Waals surface area contributed by atoms with Crippen molar-refractivity contribution >= 4 is 5.97 Å². The van der Waals surface area contributed by atoms with Crippen LogP contribution in [0.1, 0.15) is 14.8 Å². The van der Waals surface area contributed by atoms with E-state index >= 15 is 0 Å². The van der Waals surface area contributed by atoms with Gasteiger partial charge in [0.2, 0.25) is 0 Å². The Bertz CT molecular complexity index is 259. The third-order valence-electron chi connectivity index (χ3n) is 2.23. The maximum atomic E-state index is 11.1. The van der Waals surface area contributed by atoms with Crippen molar-refractivity contribution in [1.29, 1.82) is 0 Å². The second kappa shape index (κ2) is 4.23. The molecule has 0 saturated heterocycles. The van der Waals surface area contributed by atoms with Crippen molar-refractivity contribution in [2.45, 2.75) is 19.4 Å². The third-order valence-corrected chi connectivity index (χ3v) is 2.23. The van der Waals surface area contributed by atoms with Gasteiger partial charge >= 0.3 is 5.97 Å². The Hall–Kier alpha value is -1.09. The number of nitrogens with two attached hydrogens (primary N) is 1. The molecule has 0 bridgehead atoms. The number of allylic oxidation sites excluding steroid dienone is 1. The van der Waals surface area contributed by atoms with Gasteiger partial charge in [-0.25, -0.2) is 4.79 Å². The van der Waals surface area contributed by atoms with E-state index in [4.69, 9.17) is 5.73 Å². The van der Waals surface area contributed by atoms with Crippen LogP contribution in [0.25, 0.3) is 0 Å². The lowest BCUT2D eigenvalue weighted by molar-refractivity contribution is -0.135. The van der Waals surface area contributed by atoms with Crippen molar-refractivity contribution < 1.29 is 11.0 Å². The third kappa shape index (κ3) is 2.42. The molecular weight excluding hydrogens is 166 g/mol. The monoisotopic (exact) mass is 183 g/mol. The van der Waals surface area contributed by atoms with Crippen molar-refractivity contribution in [3.63, 3.8) is 0 Å². The van der Waals surface area contributed by atoms with E-state index < -0.39 is 0 Å². The van der Waals surface area contributed by atoms with E-state index in [1.807, 2.05) is 19.1 Å². The molecule has 1 aliphatic rings. The number of esters is 1.